The van der Waals surface area contributed by atoms with Crippen LogP contribution >= 0.6 is 0 Å². The second kappa shape index (κ2) is 5.10. The van der Waals surface area contributed by atoms with E-state index in [0.717, 1.165) is 26.0 Å². The van der Waals surface area contributed by atoms with E-state index < -0.39 is 0 Å². The van der Waals surface area contributed by atoms with Crippen LogP contribution in [0, 0.1) is 5.92 Å². The van der Waals surface area contributed by atoms with Crippen molar-refractivity contribution in [2.45, 2.75) is 44.8 Å². The quantitative estimate of drug-likeness (QED) is 0.715. The second-order valence-corrected chi connectivity index (χ2v) is 5.03. The third-order valence-electron chi connectivity index (χ3n) is 2.97. The number of nitrogens with one attached hydrogen (secondary N) is 1. The third kappa shape index (κ3) is 3.95. The molecule has 84 valence electrons. The van der Waals surface area contributed by atoms with E-state index in [1.54, 1.807) is 0 Å². The third-order valence-corrected chi connectivity index (χ3v) is 2.97. The molecular weight excluding hydrogens is 176 g/mol. The molecule has 0 unspecified atom stereocenters. The molecule has 0 amide bonds. The minimum absolute atomic E-state index is 0.0869. The highest BCUT2D eigenvalue weighted by Gasteiger charge is 2.28. The van der Waals surface area contributed by atoms with Gasteiger partial charge in [-0.25, -0.2) is 0 Å². The lowest BCUT2D eigenvalue weighted by Crippen LogP contribution is -2.39. The smallest absolute Gasteiger partial charge is 0.0626 e. The Bertz CT molecular complexity index is 161. The average molecular weight is 200 g/mol. The van der Waals surface area contributed by atoms with E-state index in [1.807, 2.05) is 7.05 Å². The van der Waals surface area contributed by atoms with Crippen LogP contribution in [-0.4, -0.2) is 31.8 Å². The summed E-state index contributed by atoms with van der Waals surface area (Å²) in [6.45, 7) is 6.11. The van der Waals surface area contributed by atoms with Gasteiger partial charge in [-0.1, -0.05) is 0 Å². The van der Waals surface area contributed by atoms with Crippen LogP contribution in [0.4, 0.5) is 0 Å². The predicted molar refractivity (Wildman–Crippen MR) is 59.3 cm³/mol. The van der Waals surface area contributed by atoms with Crippen LogP contribution in [0.1, 0.15) is 33.1 Å². The number of hydrogen-bond acceptors (Lipinski definition) is 3. The van der Waals surface area contributed by atoms with E-state index >= 15 is 0 Å². The second-order valence-electron chi connectivity index (χ2n) is 5.03. The van der Waals surface area contributed by atoms with Crippen LogP contribution in [0.5, 0.6) is 0 Å². The first-order valence-corrected chi connectivity index (χ1v) is 5.57. The van der Waals surface area contributed by atoms with Crippen molar-refractivity contribution in [2.24, 2.45) is 11.7 Å². The van der Waals surface area contributed by atoms with E-state index in [1.165, 1.54) is 6.42 Å². The molecule has 1 aliphatic rings. The molecule has 0 saturated carbocycles. The topological polar surface area (TPSA) is 47.3 Å². The molecule has 0 aliphatic carbocycles. The summed E-state index contributed by atoms with van der Waals surface area (Å²) in [5.74, 6) is 0.659. The highest BCUT2D eigenvalue weighted by Crippen LogP contribution is 2.29. The van der Waals surface area contributed by atoms with E-state index in [4.69, 9.17) is 10.5 Å². The first-order chi connectivity index (χ1) is 6.53. The Balaban J connectivity index is 2.22. The molecule has 0 bridgehead atoms. The number of hydrogen-bond donors (Lipinski definition) is 2. The number of rotatable bonds is 4. The number of nitrogens with two attached hydrogens (primary N) is 1. The number of likely N-dealkylation sites (N-methyl/N-ethyl adjacent to an activating group) is 1. The predicted octanol–water partition coefficient (Wildman–Crippen LogP) is 1.13. The van der Waals surface area contributed by atoms with Crippen LogP contribution in [0.3, 0.4) is 0 Å². The van der Waals surface area contributed by atoms with Crippen molar-refractivity contribution < 1.29 is 4.74 Å². The standard InChI is InChI=1S/C11H24N2O/c1-11(2)5-4-9(8-14-11)6-10(12)7-13-3/h9-10,13H,4-8,12H2,1-3H3/t9-,10+/m1/s1. The highest BCUT2D eigenvalue weighted by molar-refractivity contribution is 4.79. The van der Waals surface area contributed by atoms with Crippen molar-refractivity contribution in [3.63, 3.8) is 0 Å². The van der Waals surface area contributed by atoms with E-state index in [9.17, 15) is 0 Å². The van der Waals surface area contributed by atoms with Crippen molar-refractivity contribution in [3.8, 4) is 0 Å². The summed E-state index contributed by atoms with van der Waals surface area (Å²) < 4.78 is 5.78. The zero-order valence-electron chi connectivity index (χ0n) is 9.68. The normalized spacial score (nSPS) is 28.7. The van der Waals surface area contributed by atoms with Crippen molar-refractivity contribution in [1.29, 1.82) is 0 Å². The maximum atomic E-state index is 5.96. The molecule has 3 N–H and O–H groups in total. The zero-order valence-corrected chi connectivity index (χ0v) is 9.68. The molecule has 1 heterocycles. The van der Waals surface area contributed by atoms with E-state index in [-0.39, 0.29) is 11.6 Å². The maximum Gasteiger partial charge on any atom is 0.0626 e. The SMILES string of the molecule is CNC[C@@H](N)C[C@H]1CCC(C)(C)OC1. The molecule has 1 fully saturated rings. The maximum absolute atomic E-state index is 5.96. The lowest BCUT2D eigenvalue weighted by atomic mass is 9.88. The van der Waals surface area contributed by atoms with Crippen LogP contribution in [0.15, 0.2) is 0 Å². The van der Waals surface area contributed by atoms with Crippen LogP contribution in [0.25, 0.3) is 0 Å². The first-order valence-electron chi connectivity index (χ1n) is 5.57. The van der Waals surface area contributed by atoms with Gasteiger partial charge in [-0.05, 0) is 46.1 Å². The average Bonchev–Trinajstić information content (AvgIpc) is 2.09. The van der Waals surface area contributed by atoms with Crippen molar-refractivity contribution >= 4 is 0 Å². The summed E-state index contributed by atoms with van der Waals surface area (Å²) in [5, 5.41) is 3.11. The summed E-state index contributed by atoms with van der Waals surface area (Å²) >= 11 is 0. The van der Waals surface area contributed by atoms with Crippen molar-refractivity contribution in [1.82, 2.24) is 5.32 Å². The molecule has 3 heteroatoms. The van der Waals surface area contributed by atoms with Gasteiger partial charge in [0.05, 0.1) is 12.2 Å². The van der Waals surface area contributed by atoms with Gasteiger partial charge in [0.1, 0.15) is 0 Å². The fraction of sp³-hybridized carbons (Fsp3) is 1.00. The molecule has 3 nitrogen and oxygen atoms in total. The molecule has 1 rings (SSSR count). The summed E-state index contributed by atoms with van der Waals surface area (Å²) in [4.78, 5) is 0. The molecule has 0 aromatic carbocycles. The van der Waals surface area contributed by atoms with Crippen LogP contribution in [0.2, 0.25) is 0 Å². The molecule has 1 aliphatic heterocycles. The largest absolute Gasteiger partial charge is 0.375 e. The molecule has 0 spiro atoms. The molecular formula is C11H24N2O. The van der Waals surface area contributed by atoms with Gasteiger partial charge < -0.3 is 15.8 Å². The summed E-state index contributed by atoms with van der Waals surface area (Å²) in [6.07, 6.45) is 3.49. The van der Waals surface area contributed by atoms with Gasteiger partial charge in [0.25, 0.3) is 0 Å². The Morgan fingerprint density at radius 2 is 2.29 bits per heavy atom. The number of ether oxygens (including phenoxy) is 1. The fourth-order valence-corrected chi connectivity index (χ4v) is 2.01. The summed E-state index contributed by atoms with van der Waals surface area (Å²) in [7, 11) is 1.94. The van der Waals surface area contributed by atoms with Gasteiger partial charge in [0, 0.05) is 12.6 Å². The molecule has 0 aromatic rings. The first kappa shape index (κ1) is 12.0. The Kier molecular flexibility index (Phi) is 4.35. The van der Waals surface area contributed by atoms with Crippen LogP contribution in [-0.2, 0) is 4.74 Å². The lowest BCUT2D eigenvalue weighted by Gasteiger charge is -2.35. The highest BCUT2D eigenvalue weighted by atomic mass is 16.5. The zero-order chi connectivity index (χ0) is 10.6. The van der Waals surface area contributed by atoms with E-state index in [0.29, 0.717) is 5.92 Å². The fourth-order valence-electron chi connectivity index (χ4n) is 2.01. The molecule has 0 aromatic heterocycles. The van der Waals surface area contributed by atoms with Gasteiger partial charge >= 0.3 is 0 Å². The van der Waals surface area contributed by atoms with Gasteiger partial charge in [0.15, 0.2) is 0 Å². The van der Waals surface area contributed by atoms with Crippen LogP contribution < -0.4 is 11.1 Å². The minimum atomic E-state index is 0.0869. The molecule has 0 radical (unpaired) electrons. The molecule has 1 saturated heterocycles. The van der Waals surface area contributed by atoms with Gasteiger partial charge in [-0.15, -0.1) is 0 Å². The van der Waals surface area contributed by atoms with Gasteiger partial charge in [-0.3, -0.25) is 0 Å². The molecule has 14 heavy (non-hydrogen) atoms. The summed E-state index contributed by atoms with van der Waals surface area (Å²) in [6, 6.07) is 0.273. The lowest BCUT2D eigenvalue weighted by molar-refractivity contribution is -0.0787. The van der Waals surface area contributed by atoms with Gasteiger partial charge in [-0.2, -0.15) is 0 Å². The monoisotopic (exact) mass is 200 g/mol. The molecule has 2 atom stereocenters. The summed E-state index contributed by atoms with van der Waals surface area (Å²) in [5.41, 5.74) is 6.05. The Morgan fingerprint density at radius 3 is 2.79 bits per heavy atom. The Morgan fingerprint density at radius 1 is 1.57 bits per heavy atom. The van der Waals surface area contributed by atoms with Crippen molar-refractivity contribution in [3.05, 3.63) is 0 Å². The van der Waals surface area contributed by atoms with Crippen molar-refractivity contribution in [2.75, 3.05) is 20.2 Å². The Hall–Kier alpha value is -0.120. The van der Waals surface area contributed by atoms with Gasteiger partial charge in [0.2, 0.25) is 0 Å². The minimum Gasteiger partial charge on any atom is -0.375 e. The Labute approximate surface area is 87.4 Å². The van der Waals surface area contributed by atoms with E-state index in [2.05, 4.69) is 19.2 Å².